The average molecular weight is 229 g/mol. The van der Waals surface area contributed by atoms with E-state index in [-0.39, 0.29) is 6.03 Å². The largest absolute Gasteiger partial charge is 0.481 e. The number of likely N-dealkylation sites (tertiary alicyclic amines) is 1. The number of amides is 2. The van der Waals surface area contributed by atoms with Crippen LogP contribution in [0.4, 0.5) is 4.79 Å². The first-order chi connectivity index (χ1) is 7.66. The standard InChI is InChI=1S/C9H15N3O4/c13-8(14)7-5-11(6-7)9(15)10-12-1-3-16-4-2-12/h7H,1-6H2,(H,10,15)(H,13,14). The topological polar surface area (TPSA) is 82.1 Å². The van der Waals surface area contributed by atoms with Crippen molar-refractivity contribution in [2.24, 2.45) is 5.92 Å². The Morgan fingerprint density at radius 3 is 2.44 bits per heavy atom. The van der Waals surface area contributed by atoms with Crippen molar-refractivity contribution in [1.29, 1.82) is 0 Å². The number of carbonyl (C=O) groups is 2. The second kappa shape index (κ2) is 4.67. The van der Waals surface area contributed by atoms with Crippen LogP contribution in [0.25, 0.3) is 0 Å². The van der Waals surface area contributed by atoms with Gasteiger partial charge >= 0.3 is 12.0 Å². The van der Waals surface area contributed by atoms with Gasteiger partial charge in [0.05, 0.1) is 19.1 Å². The fraction of sp³-hybridized carbons (Fsp3) is 0.778. The van der Waals surface area contributed by atoms with E-state index < -0.39 is 11.9 Å². The Bertz CT molecular complexity index is 284. The Morgan fingerprint density at radius 2 is 1.88 bits per heavy atom. The van der Waals surface area contributed by atoms with Gasteiger partial charge in [-0.15, -0.1) is 0 Å². The van der Waals surface area contributed by atoms with Gasteiger partial charge in [0, 0.05) is 26.2 Å². The number of urea groups is 1. The number of carboxylic acid groups (broad SMARTS) is 1. The third kappa shape index (κ3) is 2.42. The molecule has 2 aliphatic rings. The summed E-state index contributed by atoms with van der Waals surface area (Å²) in [5.41, 5.74) is 2.73. The van der Waals surface area contributed by atoms with Gasteiger partial charge in [0.1, 0.15) is 0 Å². The molecule has 0 unspecified atom stereocenters. The van der Waals surface area contributed by atoms with Crippen molar-refractivity contribution in [2.45, 2.75) is 0 Å². The monoisotopic (exact) mass is 229 g/mol. The molecular weight excluding hydrogens is 214 g/mol. The molecule has 0 bridgehead atoms. The molecule has 16 heavy (non-hydrogen) atoms. The van der Waals surface area contributed by atoms with Crippen molar-refractivity contribution in [3.63, 3.8) is 0 Å². The summed E-state index contributed by atoms with van der Waals surface area (Å²) < 4.78 is 5.15. The predicted molar refractivity (Wildman–Crippen MR) is 53.6 cm³/mol. The highest BCUT2D eigenvalue weighted by atomic mass is 16.5. The van der Waals surface area contributed by atoms with Gasteiger partial charge in [-0.2, -0.15) is 0 Å². The van der Waals surface area contributed by atoms with Gasteiger partial charge in [-0.1, -0.05) is 0 Å². The van der Waals surface area contributed by atoms with E-state index in [2.05, 4.69) is 5.43 Å². The Hall–Kier alpha value is -1.34. The van der Waals surface area contributed by atoms with E-state index in [0.717, 1.165) is 0 Å². The lowest BCUT2D eigenvalue weighted by molar-refractivity contribution is -0.146. The summed E-state index contributed by atoms with van der Waals surface area (Å²) in [6.07, 6.45) is 0. The number of aliphatic carboxylic acids is 1. The second-order valence-electron chi connectivity index (χ2n) is 3.96. The van der Waals surface area contributed by atoms with Crippen molar-refractivity contribution in [2.75, 3.05) is 39.4 Å². The van der Waals surface area contributed by atoms with Crippen molar-refractivity contribution in [3.05, 3.63) is 0 Å². The maximum Gasteiger partial charge on any atom is 0.331 e. The van der Waals surface area contributed by atoms with Crippen molar-refractivity contribution >= 4 is 12.0 Å². The Labute approximate surface area is 92.9 Å². The minimum Gasteiger partial charge on any atom is -0.481 e. The molecule has 7 nitrogen and oxygen atoms in total. The maximum atomic E-state index is 11.6. The maximum absolute atomic E-state index is 11.6. The number of morpholine rings is 1. The number of hydrogen-bond donors (Lipinski definition) is 2. The zero-order valence-electron chi connectivity index (χ0n) is 8.89. The highest BCUT2D eigenvalue weighted by molar-refractivity contribution is 5.79. The Kier molecular flexibility index (Phi) is 3.25. The molecule has 2 N–H and O–H groups in total. The SMILES string of the molecule is O=C(O)C1CN(C(=O)NN2CCOCC2)C1. The minimum atomic E-state index is -0.838. The zero-order valence-corrected chi connectivity index (χ0v) is 8.89. The van der Waals surface area contributed by atoms with E-state index in [1.807, 2.05) is 0 Å². The van der Waals surface area contributed by atoms with Gasteiger partial charge in [0.25, 0.3) is 0 Å². The van der Waals surface area contributed by atoms with Gasteiger partial charge < -0.3 is 14.7 Å². The first-order valence-electron chi connectivity index (χ1n) is 5.28. The van der Waals surface area contributed by atoms with Crippen LogP contribution in [0, 0.1) is 5.92 Å². The lowest BCUT2D eigenvalue weighted by Crippen LogP contribution is -2.60. The van der Waals surface area contributed by atoms with Gasteiger partial charge in [-0.3, -0.25) is 10.2 Å². The van der Waals surface area contributed by atoms with Gasteiger partial charge in [0.2, 0.25) is 0 Å². The number of nitrogens with one attached hydrogen (secondary N) is 1. The molecule has 0 radical (unpaired) electrons. The quantitative estimate of drug-likeness (QED) is 0.632. The number of hydrazine groups is 1. The highest BCUT2D eigenvalue weighted by Gasteiger charge is 2.36. The smallest absolute Gasteiger partial charge is 0.331 e. The van der Waals surface area contributed by atoms with E-state index >= 15 is 0 Å². The molecular formula is C9H15N3O4. The van der Waals surface area contributed by atoms with Gasteiger partial charge in [0.15, 0.2) is 0 Å². The minimum absolute atomic E-state index is 0.223. The number of rotatable bonds is 2. The molecule has 0 aromatic heterocycles. The summed E-state index contributed by atoms with van der Waals surface area (Å²) in [7, 11) is 0. The fourth-order valence-electron chi connectivity index (χ4n) is 1.68. The summed E-state index contributed by atoms with van der Waals surface area (Å²) >= 11 is 0. The van der Waals surface area contributed by atoms with Crippen LogP contribution in [0.5, 0.6) is 0 Å². The molecule has 2 saturated heterocycles. The third-order valence-corrected chi connectivity index (χ3v) is 2.78. The zero-order chi connectivity index (χ0) is 11.5. The molecule has 2 heterocycles. The molecule has 0 spiro atoms. The van der Waals surface area contributed by atoms with E-state index in [1.54, 1.807) is 5.01 Å². The Morgan fingerprint density at radius 1 is 1.25 bits per heavy atom. The van der Waals surface area contributed by atoms with Gasteiger partial charge in [-0.05, 0) is 0 Å². The molecule has 2 amide bonds. The van der Waals surface area contributed by atoms with Crippen LogP contribution < -0.4 is 5.43 Å². The van der Waals surface area contributed by atoms with Crippen molar-refractivity contribution in [1.82, 2.24) is 15.3 Å². The first-order valence-corrected chi connectivity index (χ1v) is 5.28. The molecule has 2 fully saturated rings. The Balaban J connectivity index is 1.71. The number of carboxylic acids is 1. The van der Waals surface area contributed by atoms with Crippen molar-refractivity contribution < 1.29 is 19.4 Å². The second-order valence-corrected chi connectivity index (χ2v) is 3.96. The highest BCUT2D eigenvalue weighted by Crippen LogP contribution is 2.15. The molecule has 0 saturated carbocycles. The van der Waals surface area contributed by atoms with Crippen LogP contribution in [0.15, 0.2) is 0 Å². The summed E-state index contributed by atoms with van der Waals surface area (Å²) in [6, 6.07) is -0.223. The van der Waals surface area contributed by atoms with Crippen LogP contribution in [-0.4, -0.2) is 66.4 Å². The van der Waals surface area contributed by atoms with E-state index in [1.165, 1.54) is 4.90 Å². The number of nitrogens with zero attached hydrogens (tertiary/aromatic N) is 2. The lowest BCUT2D eigenvalue weighted by Gasteiger charge is -2.38. The fourth-order valence-corrected chi connectivity index (χ4v) is 1.68. The molecule has 2 aliphatic heterocycles. The van der Waals surface area contributed by atoms with Crippen molar-refractivity contribution in [3.8, 4) is 0 Å². The molecule has 0 aromatic rings. The number of ether oxygens (including phenoxy) is 1. The molecule has 90 valence electrons. The summed E-state index contributed by atoms with van der Waals surface area (Å²) in [5.74, 6) is -1.24. The summed E-state index contributed by atoms with van der Waals surface area (Å²) in [6.45, 7) is 3.15. The van der Waals surface area contributed by atoms with Crippen LogP contribution >= 0.6 is 0 Å². The summed E-state index contributed by atoms with van der Waals surface area (Å²) in [5, 5.41) is 10.5. The predicted octanol–water partition coefficient (Wildman–Crippen LogP) is -1.04. The number of carbonyl (C=O) groups excluding carboxylic acids is 1. The molecule has 0 aliphatic carbocycles. The molecule has 0 atom stereocenters. The van der Waals surface area contributed by atoms with Crippen LogP contribution in [-0.2, 0) is 9.53 Å². The van der Waals surface area contributed by atoms with Crippen LogP contribution in [0.1, 0.15) is 0 Å². The normalized spacial score (nSPS) is 22.6. The number of hydrogen-bond acceptors (Lipinski definition) is 4. The molecule has 2 rings (SSSR count). The summed E-state index contributed by atoms with van der Waals surface area (Å²) in [4.78, 5) is 23.6. The van der Waals surface area contributed by atoms with Gasteiger partial charge in [-0.25, -0.2) is 9.80 Å². The average Bonchev–Trinajstić information content (AvgIpc) is 2.15. The van der Waals surface area contributed by atoms with Crippen LogP contribution in [0.3, 0.4) is 0 Å². The molecule has 0 aromatic carbocycles. The lowest BCUT2D eigenvalue weighted by atomic mass is 10.0. The first kappa shape index (κ1) is 11.2. The van der Waals surface area contributed by atoms with E-state index in [4.69, 9.17) is 9.84 Å². The van der Waals surface area contributed by atoms with E-state index in [9.17, 15) is 9.59 Å². The molecule has 7 heteroatoms. The third-order valence-electron chi connectivity index (χ3n) is 2.78. The van der Waals surface area contributed by atoms with E-state index in [0.29, 0.717) is 39.4 Å². The van der Waals surface area contributed by atoms with Crippen LogP contribution in [0.2, 0.25) is 0 Å².